The minimum atomic E-state index is -0.144. The monoisotopic (exact) mass is 327 g/mol. The number of rotatable bonds is 1. The number of nitrogens with zero attached hydrogens (tertiary/aromatic N) is 2. The summed E-state index contributed by atoms with van der Waals surface area (Å²) >= 11 is 0. The van der Waals surface area contributed by atoms with Crippen molar-refractivity contribution in [3.05, 3.63) is 30.0 Å². The first-order chi connectivity index (χ1) is 11.5. The van der Waals surface area contributed by atoms with E-state index in [1.807, 2.05) is 43.1 Å². The van der Waals surface area contributed by atoms with Gasteiger partial charge in [-0.2, -0.15) is 0 Å². The minimum absolute atomic E-state index is 0.0708. The molecular weight excluding hydrogens is 306 g/mol. The molecule has 1 aromatic carbocycles. The van der Waals surface area contributed by atoms with Gasteiger partial charge in [-0.15, -0.1) is 0 Å². The van der Waals surface area contributed by atoms with Crippen molar-refractivity contribution in [1.29, 1.82) is 0 Å². The Morgan fingerprint density at radius 3 is 2.92 bits per heavy atom. The van der Waals surface area contributed by atoms with Gasteiger partial charge in [-0.3, -0.25) is 4.79 Å². The van der Waals surface area contributed by atoms with Crippen LogP contribution in [0.25, 0.3) is 11.0 Å². The largest absolute Gasteiger partial charge is 0.461 e. The number of piperidine rings is 1. The highest BCUT2D eigenvalue weighted by atomic mass is 16.3. The Bertz CT molecular complexity index is 813. The Labute approximate surface area is 140 Å². The van der Waals surface area contributed by atoms with Crippen LogP contribution in [0.4, 0.5) is 10.5 Å². The zero-order valence-corrected chi connectivity index (χ0v) is 13.9. The molecule has 126 valence electrons. The predicted octanol–water partition coefficient (Wildman–Crippen LogP) is 2.83. The first-order valence-corrected chi connectivity index (χ1v) is 8.34. The summed E-state index contributed by atoms with van der Waals surface area (Å²) in [5.74, 6) is 0.939. The summed E-state index contributed by atoms with van der Waals surface area (Å²) in [6, 6.07) is 7.54. The Balaban J connectivity index is 1.52. The molecule has 3 saturated heterocycles. The maximum absolute atomic E-state index is 12.7. The number of aryl methyl sites for hydroxylation is 1. The van der Waals surface area contributed by atoms with Crippen molar-refractivity contribution in [2.45, 2.75) is 25.8 Å². The van der Waals surface area contributed by atoms with Crippen LogP contribution < -0.4 is 5.32 Å². The lowest BCUT2D eigenvalue weighted by Crippen LogP contribution is -2.45. The smallest absolute Gasteiger partial charge is 0.321 e. The van der Waals surface area contributed by atoms with Crippen LogP contribution in [0.2, 0.25) is 0 Å². The zero-order valence-electron chi connectivity index (χ0n) is 13.9. The number of likely N-dealkylation sites (N-methyl/N-ethyl adjacent to an activating group) is 1. The van der Waals surface area contributed by atoms with Gasteiger partial charge in [-0.25, -0.2) is 4.79 Å². The minimum Gasteiger partial charge on any atom is -0.461 e. The van der Waals surface area contributed by atoms with E-state index in [9.17, 15) is 9.59 Å². The topological polar surface area (TPSA) is 65.8 Å². The number of benzene rings is 1. The first kappa shape index (κ1) is 15.1. The van der Waals surface area contributed by atoms with Gasteiger partial charge in [0.25, 0.3) is 0 Å². The van der Waals surface area contributed by atoms with Gasteiger partial charge < -0.3 is 19.5 Å². The maximum atomic E-state index is 12.7. The van der Waals surface area contributed by atoms with Crippen LogP contribution >= 0.6 is 0 Å². The van der Waals surface area contributed by atoms with Crippen molar-refractivity contribution >= 4 is 28.6 Å². The molecule has 2 bridgehead atoms. The molecule has 0 radical (unpaired) electrons. The van der Waals surface area contributed by atoms with Gasteiger partial charge in [0.15, 0.2) is 0 Å². The molecule has 6 nitrogen and oxygen atoms in total. The normalized spacial score (nSPS) is 23.7. The molecule has 2 aromatic rings. The summed E-state index contributed by atoms with van der Waals surface area (Å²) in [6.45, 7) is 3.00. The van der Waals surface area contributed by atoms with Gasteiger partial charge in [0.05, 0.1) is 5.92 Å². The van der Waals surface area contributed by atoms with E-state index >= 15 is 0 Å². The zero-order chi connectivity index (χ0) is 16.8. The molecule has 0 aliphatic carbocycles. The lowest BCUT2D eigenvalue weighted by molar-refractivity contribution is -0.138. The number of hydrogen-bond acceptors (Lipinski definition) is 3. The molecule has 3 fully saturated rings. The fourth-order valence-electron chi connectivity index (χ4n) is 3.78. The molecule has 3 aliphatic heterocycles. The Kier molecular flexibility index (Phi) is 3.48. The van der Waals surface area contributed by atoms with Crippen LogP contribution in [0.5, 0.6) is 0 Å². The van der Waals surface area contributed by atoms with Crippen LogP contribution in [0.1, 0.15) is 18.6 Å². The van der Waals surface area contributed by atoms with Crippen LogP contribution in [-0.4, -0.2) is 47.9 Å². The highest BCUT2D eigenvalue weighted by Crippen LogP contribution is 2.28. The molecule has 5 rings (SSSR count). The number of carbonyl (C=O) groups is 2. The van der Waals surface area contributed by atoms with Gasteiger partial charge >= 0.3 is 6.03 Å². The van der Waals surface area contributed by atoms with Crippen molar-refractivity contribution < 1.29 is 14.0 Å². The molecule has 4 heterocycles. The van der Waals surface area contributed by atoms with Gasteiger partial charge in [0.1, 0.15) is 11.3 Å². The molecule has 1 aromatic heterocycles. The van der Waals surface area contributed by atoms with Crippen molar-refractivity contribution in [3.8, 4) is 0 Å². The number of carbonyl (C=O) groups excluding carboxylic acids is 2. The van der Waals surface area contributed by atoms with E-state index in [2.05, 4.69) is 5.32 Å². The summed E-state index contributed by atoms with van der Waals surface area (Å²) in [5.41, 5.74) is 1.55. The van der Waals surface area contributed by atoms with Gasteiger partial charge in [0.2, 0.25) is 5.91 Å². The van der Waals surface area contributed by atoms with Crippen molar-refractivity contribution in [2.75, 3.05) is 25.5 Å². The average molecular weight is 327 g/mol. The fourth-order valence-corrected chi connectivity index (χ4v) is 3.78. The number of urea groups is 1. The van der Waals surface area contributed by atoms with Gasteiger partial charge in [0, 0.05) is 37.3 Å². The third-order valence-electron chi connectivity index (χ3n) is 5.14. The first-order valence-electron chi connectivity index (χ1n) is 8.34. The van der Waals surface area contributed by atoms with Gasteiger partial charge in [-0.05, 0) is 44.0 Å². The Morgan fingerprint density at radius 1 is 1.25 bits per heavy atom. The fraction of sp³-hybridized carbons (Fsp3) is 0.444. The third kappa shape index (κ3) is 2.52. The lowest BCUT2D eigenvalue weighted by Gasteiger charge is -2.32. The molecule has 6 heteroatoms. The van der Waals surface area contributed by atoms with Crippen molar-refractivity contribution in [2.24, 2.45) is 5.92 Å². The second-order valence-electron chi connectivity index (χ2n) is 6.82. The average Bonchev–Trinajstić information content (AvgIpc) is 2.73. The summed E-state index contributed by atoms with van der Waals surface area (Å²) in [5, 5.41) is 3.92. The lowest BCUT2D eigenvalue weighted by atomic mass is 9.95. The summed E-state index contributed by atoms with van der Waals surface area (Å²) < 4.78 is 5.55. The number of nitrogens with one attached hydrogen (secondary N) is 1. The summed E-state index contributed by atoms with van der Waals surface area (Å²) in [6.07, 6.45) is 1.84. The second kappa shape index (κ2) is 5.54. The van der Waals surface area contributed by atoms with E-state index in [4.69, 9.17) is 4.42 Å². The summed E-state index contributed by atoms with van der Waals surface area (Å²) in [4.78, 5) is 28.5. The number of furan rings is 1. The third-order valence-corrected chi connectivity index (χ3v) is 5.14. The molecule has 0 unspecified atom stereocenters. The highest BCUT2D eigenvalue weighted by molar-refractivity contribution is 5.93. The van der Waals surface area contributed by atoms with Gasteiger partial charge in [-0.1, -0.05) is 0 Å². The van der Waals surface area contributed by atoms with Crippen LogP contribution in [0, 0.1) is 12.8 Å². The molecule has 0 spiro atoms. The van der Waals surface area contributed by atoms with Crippen LogP contribution in [-0.2, 0) is 4.79 Å². The molecule has 3 aliphatic rings. The molecule has 1 N–H and O–H groups in total. The van der Waals surface area contributed by atoms with Crippen LogP contribution in [0.3, 0.4) is 0 Å². The van der Waals surface area contributed by atoms with E-state index < -0.39 is 0 Å². The van der Waals surface area contributed by atoms with E-state index in [0.29, 0.717) is 13.1 Å². The SMILES string of the molecule is Cc1cc2cc(NC(=O)N3C[C@H]4CC[C@@H](C3)N(C)C4=O)ccc2o1. The number of anilines is 1. The van der Waals surface area contributed by atoms with E-state index in [-0.39, 0.29) is 23.9 Å². The molecule has 2 atom stereocenters. The summed E-state index contributed by atoms with van der Waals surface area (Å²) in [7, 11) is 1.84. The van der Waals surface area contributed by atoms with E-state index in [1.54, 1.807) is 4.90 Å². The quantitative estimate of drug-likeness (QED) is 0.876. The van der Waals surface area contributed by atoms with E-state index in [1.165, 1.54) is 0 Å². The number of amides is 3. The molecule has 24 heavy (non-hydrogen) atoms. The highest BCUT2D eigenvalue weighted by Gasteiger charge is 2.40. The standard InChI is InChI=1S/C18H21N3O3/c1-11-7-13-8-14(4-6-16(13)24-11)19-18(23)21-9-12-3-5-15(10-21)20(2)17(12)22/h4,6-8,12,15H,3,5,9-10H2,1-2H3,(H,19,23)/t12-,15+/m1/s1. The Morgan fingerprint density at radius 2 is 2.08 bits per heavy atom. The van der Waals surface area contributed by atoms with Crippen molar-refractivity contribution in [1.82, 2.24) is 9.80 Å². The molecular formula is C18H21N3O3. The Hall–Kier alpha value is -2.50. The maximum Gasteiger partial charge on any atom is 0.321 e. The number of fused-ring (bicyclic) bond motifs is 5. The predicted molar refractivity (Wildman–Crippen MR) is 90.8 cm³/mol. The second-order valence-corrected chi connectivity index (χ2v) is 6.82. The molecule has 3 amide bonds. The van der Waals surface area contributed by atoms with Crippen molar-refractivity contribution in [3.63, 3.8) is 0 Å². The van der Waals surface area contributed by atoms with Crippen LogP contribution in [0.15, 0.2) is 28.7 Å². The number of hydrogen-bond donors (Lipinski definition) is 1. The van der Waals surface area contributed by atoms with E-state index in [0.717, 1.165) is 35.3 Å². The molecule has 0 saturated carbocycles.